The van der Waals surface area contributed by atoms with Crippen LogP contribution in [0.2, 0.25) is 0 Å². The van der Waals surface area contributed by atoms with E-state index in [0.717, 1.165) is 12.8 Å². The molecule has 2 N–H and O–H groups in total. The number of hydrogen-bond acceptors (Lipinski definition) is 3. The SMILES string of the molecule is O=C(C1Cc2ccccc2C1)N1CC(O)C(CO)C1. The largest absolute Gasteiger partial charge is 0.396 e. The number of likely N-dealkylation sites (tertiary alicyclic amines) is 1. The molecule has 1 aromatic carbocycles. The van der Waals surface area contributed by atoms with E-state index < -0.39 is 6.10 Å². The molecule has 19 heavy (non-hydrogen) atoms. The fourth-order valence-corrected chi connectivity index (χ4v) is 3.21. The van der Waals surface area contributed by atoms with Gasteiger partial charge < -0.3 is 15.1 Å². The highest BCUT2D eigenvalue weighted by molar-refractivity contribution is 5.80. The van der Waals surface area contributed by atoms with E-state index in [2.05, 4.69) is 12.1 Å². The molecule has 3 rings (SSSR count). The minimum atomic E-state index is -0.585. The first kappa shape index (κ1) is 12.6. The predicted octanol–water partition coefficient (Wildman–Crippen LogP) is 0.213. The highest BCUT2D eigenvalue weighted by Crippen LogP contribution is 2.29. The van der Waals surface area contributed by atoms with Gasteiger partial charge in [0, 0.05) is 24.9 Å². The normalized spacial score (nSPS) is 26.7. The molecule has 1 aliphatic carbocycles. The minimum absolute atomic E-state index is 0.00189. The van der Waals surface area contributed by atoms with Crippen LogP contribution in [0.1, 0.15) is 11.1 Å². The van der Waals surface area contributed by atoms with Gasteiger partial charge in [-0.1, -0.05) is 24.3 Å². The van der Waals surface area contributed by atoms with Crippen molar-refractivity contribution in [1.82, 2.24) is 4.90 Å². The van der Waals surface area contributed by atoms with Crippen molar-refractivity contribution in [1.29, 1.82) is 0 Å². The number of benzene rings is 1. The van der Waals surface area contributed by atoms with Crippen LogP contribution < -0.4 is 0 Å². The molecule has 0 radical (unpaired) electrons. The Kier molecular flexibility index (Phi) is 3.29. The summed E-state index contributed by atoms with van der Waals surface area (Å²) < 4.78 is 0. The van der Waals surface area contributed by atoms with Gasteiger partial charge in [0.2, 0.25) is 5.91 Å². The van der Waals surface area contributed by atoms with Crippen LogP contribution in [0, 0.1) is 11.8 Å². The molecular weight excluding hydrogens is 242 g/mol. The summed E-state index contributed by atoms with van der Waals surface area (Å²) in [6.45, 7) is 0.774. The maximum Gasteiger partial charge on any atom is 0.226 e. The van der Waals surface area contributed by atoms with Gasteiger partial charge in [0.25, 0.3) is 0 Å². The van der Waals surface area contributed by atoms with Crippen molar-refractivity contribution in [3.63, 3.8) is 0 Å². The molecule has 0 spiro atoms. The molecule has 102 valence electrons. The van der Waals surface area contributed by atoms with Crippen LogP contribution in [-0.2, 0) is 17.6 Å². The first-order valence-corrected chi connectivity index (χ1v) is 6.83. The summed E-state index contributed by atoms with van der Waals surface area (Å²) in [4.78, 5) is 14.2. The van der Waals surface area contributed by atoms with Crippen LogP contribution in [0.15, 0.2) is 24.3 Å². The predicted molar refractivity (Wildman–Crippen MR) is 70.5 cm³/mol. The quantitative estimate of drug-likeness (QED) is 0.800. The fraction of sp³-hybridized carbons (Fsp3) is 0.533. The van der Waals surface area contributed by atoms with Crippen molar-refractivity contribution in [3.05, 3.63) is 35.4 Å². The zero-order chi connectivity index (χ0) is 13.4. The van der Waals surface area contributed by atoms with E-state index >= 15 is 0 Å². The van der Waals surface area contributed by atoms with Crippen LogP contribution in [0.5, 0.6) is 0 Å². The lowest BCUT2D eigenvalue weighted by Crippen LogP contribution is -2.35. The number of amides is 1. The number of hydrogen-bond donors (Lipinski definition) is 2. The first-order valence-electron chi connectivity index (χ1n) is 6.83. The van der Waals surface area contributed by atoms with Crippen molar-refractivity contribution in [2.45, 2.75) is 18.9 Å². The molecule has 1 fully saturated rings. The zero-order valence-electron chi connectivity index (χ0n) is 10.8. The molecule has 1 saturated heterocycles. The Bertz CT molecular complexity index is 463. The Balaban J connectivity index is 1.67. The molecule has 2 aliphatic rings. The summed E-state index contributed by atoms with van der Waals surface area (Å²) in [7, 11) is 0. The number of fused-ring (bicyclic) bond motifs is 1. The van der Waals surface area contributed by atoms with Gasteiger partial charge in [-0.3, -0.25) is 4.79 Å². The lowest BCUT2D eigenvalue weighted by molar-refractivity contribution is -0.134. The minimum Gasteiger partial charge on any atom is -0.396 e. The van der Waals surface area contributed by atoms with Gasteiger partial charge in [-0.05, 0) is 24.0 Å². The monoisotopic (exact) mass is 261 g/mol. The summed E-state index contributed by atoms with van der Waals surface area (Å²) in [5, 5.41) is 18.9. The second kappa shape index (κ2) is 4.94. The molecule has 0 aromatic heterocycles. The van der Waals surface area contributed by atoms with Crippen molar-refractivity contribution in [2.24, 2.45) is 11.8 Å². The summed E-state index contributed by atoms with van der Waals surface area (Å²) in [6, 6.07) is 8.18. The van der Waals surface area contributed by atoms with E-state index in [9.17, 15) is 9.90 Å². The summed E-state index contributed by atoms with van der Waals surface area (Å²) in [6.07, 6.45) is 1.01. The highest BCUT2D eigenvalue weighted by atomic mass is 16.3. The molecule has 4 nitrogen and oxygen atoms in total. The van der Waals surface area contributed by atoms with Gasteiger partial charge in [0.05, 0.1) is 12.7 Å². The molecule has 0 bridgehead atoms. The molecule has 2 unspecified atom stereocenters. The number of carbonyl (C=O) groups is 1. The Morgan fingerprint density at radius 2 is 1.84 bits per heavy atom. The average Bonchev–Trinajstić information content (AvgIpc) is 3.00. The summed E-state index contributed by atoms with van der Waals surface area (Å²) in [5.41, 5.74) is 2.53. The lowest BCUT2D eigenvalue weighted by Gasteiger charge is -2.20. The van der Waals surface area contributed by atoms with E-state index in [-0.39, 0.29) is 24.3 Å². The topological polar surface area (TPSA) is 60.8 Å². The zero-order valence-corrected chi connectivity index (χ0v) is 10.8. The van der Waals surface area contributed by atoms with E-state index in [1.807, 2.05) is 12.1 Å². The van der Waals surface area contributed by atoms with E-state index in [1.54, 1.807) is 4.90 Å². The fourth-order valence-electron chi connectivity index (χ4n) is 3.21. The third-order valence-electron chi connectivity index (χ3n) is 4.35. The molecule has 2 atom stereocenters. The Morgan fingerprint density at radius 3 is 2.37 bits per heavy atom. The highest BCUT2D eigenvalue weighted by Gasteiger charge is 2.37. The van der Waals surface area contributed by atoms with Crippen LogP contribution in [0.25, 0.3) is 0 Å². The van der Waals surface area contributed by atoms with Gasteiger partial charge in [-0.25, -0.2) is 0 Å². The number of rotatable bonds is 2. The maximum absolute atomic E-state index is 12.5. The third kappa shape index (κ3) is 2.26. The van der Waals surface area contributed by atoms with Crippen LogP contribution in [-0.4, -0.2) is 46.8 Å². The third-order valence-corrected chi connectivity index (χ3v) is 4.35. The van der Waals surface area contributed by atoms with Crippen LogP contribution >= 0.6 is 0 Å². The second-order valence-corrected chi connectivity index (χ2v) is 5.63. The molecule has 1 amide bonds. The van der Waals surface area contributed by atoms with Crippen molar-refractivity contribution in [2.75, 3.05) is 19.7 Å². The smallest absolute Gasteiger partial charge is 0.226 e. The molecule has 1 aromatic rings. The van der Waals surface area contributed by atoms with Gasteiger partial charge in [-0.15, -0.1) is 0 Å². The molecule has 0 saturated carbocycles. The number of carbonyl (C=O) groups excluding carboxylic acids is 1. The van der Waals surface area contributed by atoms with E-state index in [0.29, 0.717) is 13.1 Å². The number of β-amino-alcohol motifs (C(OH)–C–C–N with tert-alkyl or cyclic N) is 1. The van der Waals surface area contributed by atoms with Gasteiger partial charge in [-0.2, -0.15) is 0 Å². The summed E-state index contributed by atoms with van der Waals surface area (Å²) in [5.74, 6) is -0.0685. The van der Waals surface area contributed by atoms with Crippen LogP contribution in [0.3, 0.4) is 0 Å². The second-order valence-electron chi connectivity index (χ2n) is 5.63. The number of aliphatic hydroxyl groups is 2. The van der Waals surface area contributed by atoms with Crippen LogP contribution in [0.4, 0.5) is 0 Å². The van der Waals surface area contributed by atoms with Gasteiger partial charge in [0.15, 0.2) is 0 Å². The Labute approximate surface area is 112 Å². The number of nitrogens with zero attached hydrogens (tertiary/aromatic N) is 1. The first-order chi connectivity index (χ1) is 9.19. The maximum atomic E-state index is 12.5. The molecule has 1 heterocycles. The van der Waals surface area contributed by atoms with Crippen molar-refractivity contribution < 1.29 is 15.0 Å². The average molecular weight is 261 g/mol. The molecule has 1 aliphatic heterocycles. The van der Waals surface area contributed by atoms with Crippen molar-refractivity contribution >= 4 is 5.91 Å². The lowest BCUT2D eigenvalue weighted by atomic mass is 10.0. The Morgan fingerprint density at radius 1 is 1.21 bits per heavy atom. The van der Waals surface area contributed by atoms with E-state index in [1.165, 1.54) is 11.1 Å². The number of aliphatic hydroxyl groups excluding tert-OH is 2. The van der Waals surface area contributed by atoms with Gasteiger partial charge >= 0.3 is 0 Å². The standard InChI is InChI=1S/C15H19NO3/c17-9-13-7-16(8-14(13)18)15(19)12-5-10-3-1-2-4-11(10)6-12/h1-4,12-14,17-18H,5-9H2. The Hall–Kier alpha value is -1.39. The van der Waals surface area contributed by atoms with Gasteiger partial charge in [0.1, 0.15) is 0 Å². The summed E-state index contributed by atoms with van der Waals surface area (Å²) >= 11 is 0. The van der Waals surface area contributed by atoms with E-state index in [4.69, 9.17) is 5.11 Å². The molecular formula is C15H19NO3. The van der Waals surface area contributed by atoms with Crippen molar-refractivity contribution in [3.8, 4) is 0 Å². The molecule has 4 heteroatoms.